The molecule has 0 amide bonds. The van der Waals surface area contributed by atoms with Crippen LogP contribution in [0.2, 0.25) is 0 Å². The summed E-state index contributed by atoms with van der Waals surface area (Å²) in [6.45, 7) is 6.12. The predicted molar refractivity (Wildman–Crippen MR) is 50.7 cm³/mol. The Balaban J connectivity index is 0.000000671. The highest BCUT2D eigenvalue weighted by Crippen LogP contribution is 1.99. The van der Waals surface area contributed by atoms with Crippen molar-refractivity contribution in [3.05, 3.63) is 18.0 Å². The zero-order valence-corrected chi connectivity index (χ0v) is 8.32. The van der Waals surface area contributed by atoms with Gasteiger partial charge in [-0.25, -0.2) is 9.97 Å². The highest BCUT2D eigenvalue weighted by atomic mass is 16.5. The number of aliphatic hydroxyl groups is 1. The van der Waals surface area contributed by atoms with Crippen LogP contribution < -0.4 is 4.74 Å². The van der Waals surface area contributed by atoms with E-state index in [2.05, 4.69) is 9.97 Å². The van der Waals surface area contributed by atoms with Gasteiger partial charge in [0.2, 0.25) is 0 Å². The van der Waals surface area contributed by atoms with Crippen LogP contribution in [0.15, 0.2) is 12.4 Å². The van der Waals surface area contributed by atoms with E-state index in [0.29, 0.717) is 6.01 Å². The topological polar surface area (TPSA) is 55.2 Å². The maximum Gasteiger partial charge on any atom is 0.316 e. The summed E-state index contributed by atoms with van der Waals surface area (Å²) in [4.78, 5) is 7.74. The number of hydrogen-bond donors (Lipinski definition) is 1. The molecular formula is C9H16N2O2. The lowest BCUT2D eigenvalue weighted by Gasteiger charge is -2.00. The lowest BCUT2D eigenvalue weighted by Crippen LogP contribution is -2.04. The Labute approximate surface area is 78.6 Å². The summed E-state index contributed by atoms with van der Waals surface area (Å²) in [6.07, 6.45) is 3.33. The van der Waals surface area contributed by atoms with Gasteiger partial charge in [-0.05, 0) is 12.5 Å². The summed E-state index contributed by atoms with van der Waals surface area (Å²) < 4.78 is 4.94. The maximum atomic E-state index is 8.40. The third kappa shape index (κ3) is 5.14. The number of ether oxygens (including phenoxy) is 1. The van der Waals surface area contributed by atoms with Crippen molar-refractivity contribution in [3.8, 4) is 6.01 Å². The molecule has 0 saturated heterocycles. The zero-order chi connectivity index (χ0) is 10.1. The van der Waals surface area contributed by atoms with E-state index in [4.69, 9.17) is 9.84 Å². The van der Waals surface area contributed by atoms with E-state index < -0.39 is 0 Å². The minimum absolute atomic E-state index is 0.0166. The van der Waals surface area contributed by atoms with Crippen molar-refractivity contribution in [1.29, 1.82) is 0 Å². The van der Waals surface area contributed by atoms with Crippen molar-refractivity contribution in [2.75, 3.05) is 13.2 Å². The molecule has 1 heterocycles. The van der Waals surface area contributed by atoms with Crippen LogP contribution in [-0.4, -0.2) is 28.3 Å². The van der Waals surface area contributed by atoms with Crippen molar-refractivity contribution < 1.29 is 9.84 Å². The third-order valence-electron chi connectivity index (χ3n) is 1.08. The van der Waals surface area contributed by atoms with Crippen LogP contribution in [0.4, 0.5) is 0 Å². The van der Waals surface area contributed by atoms with E-state index in [1.807, 2.05) is 20.8 Å². The lowest BCUT2D eigenvalue weighted by molar-refractivity contribution is 0.191. The summed E-state index contributed by atoms with van der Waals surface area (Å²) in [5.41, 5.74) is 0.987. The summed E-state index contributed by atoms with van der Waals surface area (Å²) in [5.74, 6) is 0. The fourth-order valence-electron chi connectivity index (χ4n) is 0.592. The number of aryl methyl sites for hydroxylation is 1. The van der Waals surface area contributed by atoms with Crippen LogP contribution in [0, 0.1) is 6.92 Å². The number of nitrogens with zero attached hydrogens (tertiary/aromatic N) is 2. The Kier molecular flexibility index (Phi) is 6.82. The van der Waals surface area contributed by atoms with Gasteiger partial charge in [-0.3, -0.25) is 0 Å². The van der Waals surface area contributed by atoms with E-state index in [9.17, 15) is 0 Å². The van der Waals surface area contributed by atoms with Crippen LogP contribution in [0.1, 0.15) is 19.4 Å². The predicted octanol–water partition coefficient (Wildman–Crippen LogP) is 1.18. The summed E-state index contributed by atoms with van der Waals surface area (Å²) in [5, 5.41) is 8.40. The van der Waals surface area contributed by atoms with Gasteiger partial charge in [0, 0.05) is 12.4 Å². The standard InChI is InChI=1S/C7H10N2O2.C2H6/c1-6-4-8-7(9-5-6)11-3-2-10;1-2/h4-5,10H,2-3H2,1H3;1-2H3. The molecule has 4 nitrogen and oxygen atoms in total. The smallest absolute Gasteiger partial charge is 0.316 e. The second kappa shape index (κ2) is 7.49. The largest absolute Gasteiger partial charge is 0.461 e. The van der Waals surface area contributed by atoms with Crippen molar-refractivity contribution in [2.24, 2.45) is 0 Å². The van der Waals surface area contributed by atoms with Gasteiger partial charge in [-0.2, -0.15) is 0 Å². The van der Waals surface area contributed by atoms with E-state index in [1.54, 1.807) is 12.4 Å². The third-order valence-corrected chi connectivity index (χ3v) is 1.08. The summed E-state index contributed by atoms with van der Waals surface area (Å²) in [7, 11) is 0. The average Bonchev–Trinajstić information content (AvgIpc) is 2.20. The van der Waals surface area contributed by atoms with Crippen LogP contribution in [-0.2, 0) is 0 Å². The second-order valence-corrected chi connectivity index (χ2v) is 2.12. The molecule has 13 heavy (non-hydrogen) atoms. The molecule has 0 aliphatic heterocycles. The molecule has 74 valence electrons. The van der Waals surface area contributed by atoms with Gasteiger partial charge in [0.1, 0.15) is 6.61 Å². The molecule has 0 aliphatic carbocycles. The second-order valence-electron chi connectivity index (χ2n) is 2.12. The van der Waals surface area contributed by atoms with Crippen LogP contribution in [0.3, 0.4) is 0 Å². The highest BCUT2D eigenvalue weighted by molar-refractivity contribution is 5.04. The monoisotopic (exact) mass is 184 g/mol. The molecule has 4 heteroatoms. The molecule has 0 saturated carbocycles. The van der Waals surface area contributed by atoms with Gasteiger partial charge < -0.3 is 9.84 Å². The fraction of sp³-hybridized carbons (Fsp3) is 0.556. The van der Waals surface area contributed by atoms with Crippen molar-refractivity contribution in [3.63, 3.8) is 0 Å². The van der Waals surface area contributed by atoms with E-state index in [-0.39, 0.29) is 13.2 Å². The molecule has 1 N–H and O–H groups in total. The van der Waals surface area contributed by atoms with Gasteiger partial charge in [-0.15, -0.1) is 0 Å². The molecule has 1 aromatic heterocycles. The van der Waals surface area contributed by atoms with Crippen LogP contribution in [0.25, 0.3) is 0 Å². The Morgan fingerprint density at radius 1 is 1.31 bits per heavy atom. The number of hydrogen-bond acceptors (Lipinski definition) is 4. The molecule has 0 radical (unpaired) electrons. The van der Waals surface area contributed by atoms with Crippen molar-refractivity contribution >= 4 is 0 Å². The van der Waals surface area contributed by atoms with E-state index in [0.717, 1.165) is 5.56 Å². The number of rotatable bonds is 3. The summed E-state index contributed by atoms with van der Waals surface area (Å²) in [6, 6.07) is 0.310. The molecule has 0 atom stereocenters. The molecule has 0 aliphatic rings. The zero-order valence-electron chi connectivity index (χ0n) is 8.32. The molecular weight excluding hydrogens is 168 g/mol. The average molecular weight is 184 g/mol. The van der Waals surface area contributed by atoms with Crippen LogP contribution in [0.5, 0.6) is 6.01 Å². The first kappa shape index (κ1) is 11.8. The lowest BCUT2D eigenvalue weighted by atomic mass is 10.4. The van der Waals surface area contributed by atoms with Gasteiger partial charge in [0.15, 0.2) is 0 Å². The highest BCUT2D eigenvalue weighted by Gasteiger charge is 1.93. The van der Waals surface area contributed by atoms with Crippen LogP contribution >= 0.6 is 0 Å². The maximum absolute atomic E-state index is 8.40. The van der Waals surface area contributed by atoms with Crippen molar-refractivity contribution in [2.45, 2.75) is 20.8 Å². The first-order valence-electron chi connectivity index (χ1n) is 4.35. The minimum Gasteiger partial charge on any atom is -0.461 e. The van der Waals surface area contributed by atoms with Gasteiger partial charge >= 0.3 is 6.01 Å². The molecule has 0 fully saturated rings. The van der Waals surface area contributed by atoms with Gasteiger partial charge in [0.25, 0.3) is 0 Å². The normalized spacial score (nSPS) is 8.62. The number of aromatic nitrogens is 2. The number of aliphatic hydroxyl groups excluding tert-OH is 1. The Morgan fingerprint density at radius 3 is 2.31 bits per heavy atom. The van der Waals surface area contributed by atoms with E-state index >= 15 is 0 Å². The Bertz CT molecular complexity index is 211. The fourth-order valence-corrected chi connectivity index (χ4v) is 0.592. The minimum atomic E-state index is -0.0166. The quantitative estimate of drug-likeness (QED) is 0.766. The first-order valence-corrected chi connectivity index (χ1v) is 4.35. The first-order chi connectivity index (χ1) is 6.33. The van der Waals surface area contributed by atoms with Crippen molar-refractivity contribution in [1.82, 2.24) is 9.97 Å². The molecule has 0 aromatic carbocycles. The Hall–Kier alpha value is -1.16. The Morgan fingerprint density at radius 2 is 1.85 bits per heavy atom. The van der Waals surface area contributed by atoms with E-state index in [1.165, 1.54) is 0 Å². The van der Waals surface area contributed by atoms with Gasteiger partial charge in [-0.1, -0.05) is 13.8 Å². The molecule has 0 spiro atoms. The summed E-state index contributed by atoms with van der Waals surface area (Å²) >= 11 is 0. The SMILES string of the molecule is CC.Cc1cnc(OCCO)nc1. The molecule has 0 unspecified atom stereocenters. The molecule has 1 aromatic rings. The molecule has 1 rings (SSSR count). The van der Waals surface area contributed by atoms with Gasteiger partial charge in [0.05, 0.1) is 6.61 Å². The molecule has 0 bridgehead atoms.